The Morgan fingerprint density at radius 2 is 2.11 bits per heavy atom. The minimum atomic E-state index is -0.509. The van der Waals surface area contributed by atoms with Gasteiger partial charge in [-0.1, -0.05) is 12.1 Å². The van der Waals surface area contributed by atoms with E-state index in [2.05, 4.69) is 25.5 Å². The zero-order chi connectivity index (χ0) is 13.2. The van der Waals surface area contributed by atoms with Crippen LogP contribution in [0.1, 0.15) is 10.4 Å². The number of amides is 1. The number of H-pyrrole nitrogens is 1. The van der Waals surface area contributed by atoms with Crippen LogP contribution in [-0.4, -0.2) is 26.1 Å². The Morgan fingerprint density at radius 1 is 1.26 bits per heavy atom. The van der Waals surface area contributed by atoms with Crippen molar-refractivity contribution in [3.8, 4) is 0 Å². The molecule has 3 aromatic rings. The van der Waals surface area contributed by atoms with Gasteiger partial charge in [0.05, 0.1) is 22.8 Å². The van der Waals surface area contributed by atoms with Crippen LogP contribution in [0.25, 0.3) is 11.0 Å². The first-order valence-corrected chi connectivity index (χ1v) is 5.56. The summed E-state index contributed by atoms with van der Waals surface area (Å²) in [6.07, 6.45) is 3.28. The third-order valence-corrected chi connectivity index (χ3v) is 2.63. The minimum absolute atomic E-state index is 0.366. The fourth-order valence-corrected chi connectivity index (χ4v) is 1.73. The molecule has 0 aliphatic rings. The lowest BCUT2D eigenvalue weighted by Crippen LogP contribution is -2.13. The molecule has 0 unspecified atom stereocenters. The number of hydrogen-bond donors (Lipinski definition) is 3. The number of benzene rings is 1. The number of nitrogens with two attached hydrogens (primary N) is 1. The second-order valence-electron chi connectivity index (χ2n) is 3.90. The quantitative estimate of drug-likeness (QED) is 0.650. The second-order valence-corrected chi connectivity index (χ2v) is 3.90. The standard InChI is InChI=1S/C12H10N6O/c13-10(19)8-3-1-2-4-9(8)16-12-14-5-7-6-15-18-11(7)17-12/h1-6H,(H2,13,19)(H2,14,15,16,17,18). The molecule has 94 valence electrons. The van der Waals surface area contributed by atoms with Gasteiger partial charge in [-0.2, -0.15) is 10.1 Å². The molecule has 0 bridgehead atoms. The Bertz CT molecular complexity index is 751. The third kappa shape index (κ3) is 2.08. The number of carbonyl (C=O) groups is 1. The van der Waals surface area contributed by atoms with Crippen molar-refractivity contribution in [1.29, 1.82) is 0 Å². The monoisotopic (exact) mass is 254 g/mol. The molecule has 4 N–H and O–H groups in total. The number of aromatic nitrogens is 4. The Hall–Kier alpha value is -2.96. The van der Waals surface area contributed by atoms with Crippen LogP contribution in [0.4, 0.5) is 11.6 Å². The smallest absolute Gasteiger partial charge is 0.250 e. The number of nitrogens with zero attached hydrogens (tertiary/aromatic N) is 3. The van der Waals surface area contributed by atoms with Gasteiger partial charge in [0.25, 0.3) is 5.91 Å². The summed E-state index contributed by atoms with van der Waals surface area (Å²) in [6.45, 7) is 0. The van der Waals surface area contributed by atoms with Crippen LogP contribution in [0.2, 0.25) is 0 Å². The fraction of sp³-hybridized carbons (Fsp3) is 0. The highest BCUT2D eigenvalue weighted by molar-refractivity contribution is 5.99. The van der Waals surface area contributed by atoms with Crippen molar-refractivity contribution in [1.82, 2.24) is 20.2 Å². The molecular formula is C12H10N6O. The van der Waals surface area contributed by atoms with E-state index in [1.165, 1.54) is 0 Å². The van der Waals surface area contributed by atoms with E-state index >= 15 is 0 Å². The molecule has 1 aromatic carbocycles. The van der Waals surface area contributed by atoms with Crippen molar-refractivity contribution in [3.63, 3.8) is 0 Å². The van der Waals surface area contributed by atoms with Gasteiger partial charge in [0.15, 0.2) is 5.65 Å². The Labute approximate surface area is 107 Å². The minimum Gasteiger partial charge on any atom is -0.366 e. The molecule has 0 fully saturated rings. The number of nitrogens with one attached hydrogen (secondary N) is 2. The largest absolute Gasteiger partial charge is 0.366 e. The van der Waals surface area contributed by atoms with E-state index in [1.54, 1.807) is 36.7 Å². The van der Waals surface area contributed by atoms with Gasteiger partial charge >= 0.3 is 0 Å². The highest BCUT2D eigenvalue weighted by atomic mass is 16.1. The van der Waals surface area contributed by atoms with E-state index in [-0.39, 0.29) is 0 Å². The van der Waals surface area contributed by atoms with Crippen molar-refractivity contribution in [2.24, 2.45) is 5.73 Å². The van der Waals surface area contributed by atoms with E-state index in [0.717, 1.165) is 5.39 Å². The summed E-state index contributed by atoms with van der Waals surface area (Å²) in [7, 11) is 0. The maximum absolute atomic E-state index is 11.3. The highest BCUT2D eigenvalue weighted by Crippen LogP contribution is 2.19. The van der Waals surface area contributed by atoms with E-state index < -0.39 is 5.91 Å². The van der Waals surface area contributed by atoms with Gasteiger partial charge in [-0.05, 0) is 12.1 Å². The van der Waals surface area contributed by atoms with Crippen LogP contribution in [0, 0.1) is 0 Å². The van der Waals surface area contributed by atoms with E-state index in [0.29, 0.717) is 22.8 Å². The molecule has 0 aliphatic heterocycles. The maximum Gasteiger partial charge on any atom is 0.250 e. The molecule has 0 aliphatic carbocycles. The first-order chi connectivity index (χ1) is 9.24. The van der Waals surface area contributed by atoms with E-state index in [9.17, 15) is 4.79 Å². The van der Waals surface area contributed by atoms with Crippen LogP contribution in [0.3, 0.4) is 0 Å². The number of aromatic amines is 1. The number of fused-ring (bicyclic) bond motifs is 1. The summed E-state index contributed by atoms with van der Waals surface area (Å²) in [5, 5.41) is 10.4. The molecule has 2 heterocycles. The molecule has 0 saturated heterocycles. The van der Waals surface area contributed by atoms with Gasteiger partial charge in [0.1, 0.15) is 0 Å². The van der Waals surface area contributed by atoms with Gasteiger partial charge in [0.2, 0.25) is 5.95 Å². The lowest BCUT2D eigenvalue weighted by Gasteiger charge is -2.07. The fourth-order valence-electron chi connectivity index (χ4n) is 1.73. The van der Waals surface area contributed by atoms with Crippen molar-refractivity contribution in [3.05, 3.63) is 42.2 Å². The summed E-state index contributed by atoms with van der Waals surface area (Å²) in [5.74, 6) is -0.142. The normalized spacial score (nSPS) is 10.5. The predicted octanol–water partition coefficient (Wildman–Crippen LogP) is 1.20. The van der Waals surface area contributed by atoms with Crippen molar-refractivity contribution < 1.29 is 4.79 Å². The van der Waals surface area contributed by atoms with Gasteiger partial charge in [0, 0.05) is 6.20 Å². The molecule has 7 heteroatoms. The van der Waals surface area contributed by atoms with Crippen LogP contribution >= 0.6 is 0 Å². The van der Waals surface area contributed by atoms with Crippen LogP contribution in [-0.2, 0) is 0 Å². The summed E-state index contributed by atoms with van der Waals surface area (Å²) in [4.78, 5) is 19.7. The van der Waals surface area contributed by atoms with Gasteiger partial charge in [-0.15, -0.1) is 0 Å². The highest BCUT2D eigenvalue weighted by Gasteiger charge is 2.09. The predicted molar refractivity (Wildman–Crippen MR) is 69.9 cm³/mol. The molecule has 0 saturated carbocycles. The number of carbonyl (C=O) groups excluding carboxylic acids is 1. The lowest BCUT2D eigenvalue weighted by atomic mass is 10.1. The zero-order valence-corrected chi connectivity index (χ0v) is 9.79. The number of hydrogen-bond acceptors (Lipinski definition) is 5. The second kappa shape index (κ2) is 4.37. The van der Waals surface area contributed by atoms with Crippen molar-refractivity contribution >= 4 is 28.6 Å². The van der Waals surface area contributed by atoms with Gasteiger partial charge in [-0.25, -0.2) is 4.98 Å². The molecule has 19 heavy (non-hydrogen) atoms. The zero-order valence-electron chi connectivity index (χ0n) is 9.79. The molecule has 0 spiro atoms. The summed E-state index contributed by atoms with van der Waals surface area (Å²) >= 11 is 0. The molecule has 0 radical (unpaired) electrons. The SMILES string of the molecule is NC(=O)c1ccccc1Nc1ncc2cn[nH]c2n1. The number of anilines is 2. The van der Waals surface area contributed by atoms with Crippen molar-refractivity contribution in [2.75, 3.05) is 5.32 Å². The van der Waals surface area contributed by atoms with Gasteiger partial charge in [-0.3, -0.25) is 9.89 Å². The first kappa shape index (κ1) is 11.1. The average Bonchev–Trinajstić information content (AvgIpc) is 2.86. The van der Waals surface area contributed by atoms with E-state index in [1.807, 2.05) is 0 Å². The summed E-state index contributed by atoms with van der Waals surface area (Å²) in [6, 6.07) is 6.91. The van der Waals surface area contributed by atoms with Crippen molar-refractivity contribution in [2.45, 2.75) is 0 Å². The molecule has 1 amide bonds. The Kier molecular flexibility index (Phi) is 2.57. The molecular weight excluding hydrogens is 244 g/mol. The van der Waals surface area contributed by atoms with Crippen LogP contribution < -0.4 is 11.1 Å². The molecule has 2 aromatic heterocycles. The third-order valence-electron chi connectivity index (χ3n) is 2.63. The molecule has 0 atom stereocenters. The number of primary amides is 1. The summed E-state index contributed by atoms with van der Waals surface area (Å²) < 4.78 is 0. The number of para-hydroxylation sites is 1. The average molecular weight is 254 g/mol. The Morgan fingerprint density at radius 3 is 2.95 bits per heavy atom. The lowest BCUT2D eigenvalue weighted by molar-refractivity contribution is 0.100. The maximum atomic E-state index is 11.3. The summed E-state index contributed by atoms with van der Waals surface area (Å²) in [5.41, 5.74) is 6.87. The van der Waals surface area contributed by atoms with E-state index in [4.69, 9.17) is 5.73 Å². The molecule has 7 nitrogen and oxygen atoms in total. The number of rotatable bonds is 3. The topological polar surface area (TPSA) is 110 Å². The first-order valence-electron chi connectivity index (χ1n) is 5.56. The molecule has 3 rings (SSSR count). The Balaban J connectivity index is 1.98. The van der Waals surface area contributed by atoms with Crippen LogP contribution in [0.15, 0.2) is 36.7 Å². The van der Waals surface area contributed by atoms with Crippen LogP contribution in [0.5, 0.6) is 0 Å². The van der Waals surface area contributed by atoms with Gasteiger partial charge < -0.3 is 11.1 Å².